The number of anilines is 1. The molecule has 0 aliphatic carbocycles. The Morgan fingerprint density at radius 1 is 1.06 bits per heavy atom. The molecule has 4 rings (SSSR count). The van der Waals surface area contributed by atoms with Crippen LogP contribution in [0.3, 0.4) is 0 Å². The Labute approximate surface area is 205 Å². The van der Waals surface area contributed by atoms with Gasteiger partial charge in [-0.1, -0.05) is 46.3 Å². The van der Waals surface area contributed by atoms with Gasteiger partial charge in [-0.3, -0.25) is 9.10 Å². The van der Waals surface area contributed by atoms with Crippen LogP contribution < -0.4 is 4.31 Å². The lowest BCUT2D eigenvalue weighted by Gasteiger charge is -2.25. The molecule has 10 heteroatoms. The summed E-state index contributed by atoms with van der Waals surface area (Å²) in [5, 5.41) is 18.4. The quantitative estimate of drug-likeness (QED) is 0.302. The van der Waals surface area contributed by atoms with Gasteiger partial charge in [0.2, 0.25) is 5.88 Å². The molecule has 0 aliphatic rings. The number of carbonyl (C=O) groups is 1. The fourth-order valence-electron chi connectivity index (χ4n) is 3.50. The number of fused-ring (bicyclic) bond motifs is 1. The number of halogens is 1. The molecule has 0 saturated carbocycles. The highest BCUT2D eigenvalue weighted by Crippen LogP contribution is 2.37. The molecule has 4 aromatic rings. The second-order valence-electron chi connectivity index (χ2n) is 7.72. The van der Waals surface area contributed by atoms with Gasteiger partial charge in [-0.15, -0.1) is 10.2 Å². The van der Waals surface area contributed by atoms with Gasteiger partial charge in [-0.2, -0.15) is 0 Å². The highest BCUT2D eigenvalue weighted by molar-refractivity contribution is 9.10. The largest absolute Gasteiger partial charge is 0.493 e. The number of aromatic nitrogens is 1. The van der Waals surface area contributed by atoms with E-state index < -0.39 is 22.5 Å². The summed E-state index contributed by atoms with van der Waals surface area (Å²) in [7, 11) is -4.06. The van der Waals surface area contributed by atoms with Crippen LogP contribution in [-0.4, -0.2) is 31.0 Å². The topological polar surface area (TPSA) is 115 Å². The molecule has 0 fully saturated rings. The van der Waals surface area contributed by atoms with Gasteiger partial charge in [0, 0.05) is 9.86 Å². The van der Waals surface area contributed by atoms with Crippen LogP contribution in [0.4, 0.5) is 11.4 Å². The third-order valence-electron chi connectivity index (χ3n) is 5.22. The summed E-state index contributed by atoms with van der Waals surface area (Å²) in [4.78, 5) is 15.7. The Bertz CT molecular complexity index is 1520. The first-order valence-electron chi connectivity index (χ1n) is 10.3. The average molecular weight is 541 g/mol. The molecule has 0 radical (unpaired) electrons. The standard InChI is InChI=1S/C24H21BrN4O4S/c1-15-8-9-16(2)21(12-15)29(34(32,33)18-6-4-3-5-7-18)14-22(30)27-28-23-19-13-17(25)10-11-20(19)26-24(23)31/h3-13,26,31H,14H2,1-2H3. The lowest BCUT2D eigenvalue weighted by atomic mass is 10.1. The molecule has 1 amide bonds. The number of sulfonamides is 1. The lowest BCUT2D eigenvalue weighted by Crippen LogP contribution is -2.35. The number of benzene rings is 3. The van der Waals surface area contributed by atoms with Crippen molar-refractivity contribution in [1.29, 1.82) is 0 Å². The van der Waals surface area contributed by atoms with E-state index in [0.29, 0.717) is 22.2 Å². The molecule has 1 heterocycles. The third-order valence-corrected chi connectivity index (χ3v) is 7.49. The molecule has 2 N–H and O–H groups in total. The molecule has 0 saturated heterocycles. The van der Waals surface area contributed by atoms with E-state index in [2.05, 4.69) is 31.1 Å². The SMILES string of the molecule is Cc1ccc(C)c(N(CC(=O)N=Nc2c(O)[nH]c3ccc(Br)cc23)S(=O)(=O)c2ccccc2)c1. The van der Waals surface area contributed by atoms with E-state index >= 15 is 0 Å². The first-order chi connectivity index (χ1) is 16.2. The monoisotopic (exact) mass is 540 g/mol. The van der Waals surface area contributed by atoms with E-state index in [0.717, 1.165) is 14.3 Å². The molecule has 174 valence electrons. The predicted octanol–water partition coefficient (Wildman–Crippen LogP) is 5.76. The van der Waals surface area contributed by atoms with Gasteiger partial charge in [-0.05, 0) is 61.4 Å². The van der Waals surface area contributed by atoms with Gasteiger partial charge in [-0.25, -0.2) is 8.42 Å². The number of rotatable bonds is 6. The van der Waals surface area contributed by atoms with Crippen LogP contribution in [-0.2, 0) is 14.8 Å². The van der Waals surface area contributed by atoms with Crippen LogP contribution in [0.5, 0.6) is 5.88 Å². The number of aromatic amines is 1. The fourth-order valence-corrected chi connectivity index (χ4v) is 5.36. The van der Waals surface area contributed by atoms with Crippen molar-refractivity contribution in [2.75, 3.05) is 10.8 Å². The highest BCUT2D eigenvalue weighted by Gasteiger charge is 2.28. The number of carbonyl (C=O) groups excluding carboxylic acids is 1. The smallest absolute Gasteiger partial charge is 0.285 e. The summed E-state index contributed by atoms with van der Waals surface area (Å²) >= 11 is 3.36. The Balaban J connectivity index is 1.71. The highest BCUT2D eigenvalue weighted by atomic mass is 79.9. The first-order valence-corrected chi connectivity index (χ1v) is 12.5. The van der Waals surface area contributed by atoms with Crippen molar-refractivity contribution in [3.05, 3.63) is 82.3 Å². The van der Waals surface area contributed by atoms with Crippen LogP contribution in [0.25, 0.3) is 10.9 Å². The Morgan fingerprint density at radius 3 is 2.53 bits per heavy atom. The van der Waals surface area contributed by atoms with Crippen molar-refractivity contribution in [2.24, 2.45) is 10.2 Å². The summed E-state index contributed by atoms with van der Waals surface area (Å²) in [5.41, 5.74) is 2.62. The maximum atomic E-state index is 13.5. The second-order valence-corrected chi connectivity index (χ2v) is 10.5. The lowest BCUT2D eigenvalue weighted by molar-refractivity contribution is -0.116. The number of nitrogens with one attached hydrogen (secondary N) is 1. The van der Waals surface area contributed by atoms with Crippen LogP contribution in [0.2, 0.25) is 0 Å². The molecule has 1 aromatic heterocycles. The van der Waals surface area contributed by atoms with Gasteiger partial charge in [0.05, 0.1) is 16.1 Å². The zero-order chi connectivity index (χ0) is 24.5. The molecule has 0 bridgehead atoms. The van der Waals surface area contributed by atoms with Crippen molar-refractivity contribution < 1.29 is 18.3 Å². The Kier molecular flexibility index (Phi) is 6.54. The summed E-state index contributed by atoms with van der Waals surface area (Å²) < 4.78 is 28.8. The molecular formula is C24H21BrN4O4S. The van der Waals surface area contributed by atoms with E-state index in [9.17, 15) is 18.3 Å². The van der Waals surface area contributed by atoms with Crippen LogP contribution in [0, 0.1) is 13.8 Å². The van der Waals surface area contributed by atoms with Gasteiger partial charge in [0.15, 0.2) is 5.69 Å². The molecule has 0 aliphatic heterocycles. The van der Waals surface area contributed by atoms with Gasteiger partial charge < -0.3 is 10.1 Å². The van der Waals surface area contributed by atoms with Crippen molar-refractivity contribution in [1.82, 2.24) is 4.98 Å². The number of hydrogen-bond acceptors (Lipinski definition) is 5. The summed E-state index contributed by atoms with van der Waals surface area (Å²) in [6.07, 6.45) is 0. The second kappa shape index (κ2) is 9.40. The number of nitrogens with zero attached hydrogens (tertiary/aromatic N) is 3. The van der Waals surface area contributed by atoms with Crippen LogP contribution in [0.15, 0.2) is 86.3 Å². The van der Waals surface area contributed by atoms with E-state index in [1.807, 2.05) is 13.0 Å². The summed E-state index contributed by atoms with van der Waals surface area (Å²) in [6.45, 7) is 3.06. The zero-order valence-electron chi connectivity index (χ0n) is 18.4. The van der Waals surface area contributed by atoms with Gasteiger partial charge >= 0.3 is 0 Å². The molecule has 34 heavy (non-hydrogen) atoms. The number of aryl methyl sites for hydroxylation is 2. The van der Waals surface area contributed by atoms with E-state index in [-0.39, 0.29) is 16.5 Å². The number of hydrogen-bond donors (Lipinski definition) is 2. The summed E-state index contributed by atoms with van der Waals surface area (Å²) in [5.74, 6) is -1.03. The normalized spacial score (nSPS) is 11.9. The minimum atomic E-state index is -4.06. The van der Waals surface area contributed by atoms with Crippen molar-refractivity contribution in [3.63, 3.8) is 0 Å². The van der Waals surface area contributed by atoms with Crippen molar-refractivity contribution in [2.45, 2.75) is 18.7 Å². The molecule has 0 atom stereocenters. The first kappa shape index (κ1) is 23.7. The number of H-pyrrole nitrogens is 1. The molecule has 3 aromatic carbocycles. The minimum Gasteiger partial charge on any atom is -0.493 e. The molecule has 8 nitrogen and oxygen atoms in total. The van der Waals surface area contributed by atoms with E-state index in [1.54, 1.807) is 55.5 Å². The van der Waals surface area contributed by atoms with Crippen molar-refractivity contribution >= 4 is 54.1 Å². The van der Waals surface area contributed by atoms with Crippen molar-refractivity contribution in [3.8, 4) is 5.88 Å². The third kappa shape index (κ3) is 4.73. The van der Waals surface area contributed by atoms with Gasteiger partial charge in [0.1, 0.15) is 6.54 Å². The van der Waals surface area contributed by atoms with Gasteiger partial charge in [0.25, 0.3) is 15.9 Å². The Hall–Kier alpha value is -3.50. The number of amides is 1. The summed E-state index contributed by atoms with van der Waals surface area (Å²) in [6, 6.07) is 18.5. The van der Waals surface area contributed by atoms with E-state index in [4.69, 9.17) is 0 Å². The number of azo groups is 1. The van der Waals surface area contributed by atoms with Crippen LogP contribution >= 0.6 is 15.9 Å². The Morgan fingerprint density at radius 2 is 1.79 bits per heavy atom. The minimum absolute atomic E-state index is 0.0553. The molecular weight excluding hydrogens is 520 g/mol. The van der Waals surface area contributed by atoms with Crippen LogP contribution in [0.1, 0.15) is 11.1 Å². The average Bonchev–Trinajstić information content (AvgIpc) is 3.12. The zero-order valence-corrected chi connectivity index (χ0v) is 20.8. The number of aromatic hydroxyl groups is 1. The molecule has 0 spiro atoms. The van der Waals surface area contributed by atoms with E-state index in [1.165, 1.54) is 12.1 Å². The fraction of sp³-hybridized carbons (Fsp3) is 0.125. The maximum Gasteiger partial charge on any atom is 0.285 e. The maximum absolute atomic E-state index is 13.5. The molecule has 0 unspecified atom stereocenters. The predicted molar refractivity (Wildman–Crippen MR) is 134 cm³/mol.